The summed E-state index contributed by atoms with van der Waals surface area (Å²) < 4.78 is 0. The number of hydrogen-bond acceptors (Lipinski definition) is 2. The Morgan fingerprint density at radius 3 is 2.20 bits per heavy atom. The number of nitrogens with one attached hydrogen (secondary N) is 1. The summed E-state index contributed by atoms with van der Waals surface area (Å²) >= 11 is 0. The summed E-state index contributed by atoms with van der Waals surface area (Å²) in [6.07, 6.45) is 0. The van der Waals surface area contributed by atoms with Gasteiger partial charge in [-0.15, -0.1) is 5.70 Å². The smallest absolute Gasteiger partial charge is 0.0158 e. The van der Waals surface area contributed by atoms with Crippen LogP contribution in [0, 0.1) is 38.0 Å². The number of allylic oxidation sites excluding steroid dienone is 1. The SMILES string of the molecule is [CH2-]C1=C(C)N(C)NC1C.[U]. The molecule has 0 aromatic carbocycles. The molecule has 1 atom stereocenters. The first-order valence-electron chi connectivity index (χ1n) is 3.15. The third kappa shape index (κ3) is 1.72. The molecule has 0 radical (unpaired) electrons. The van der Waals surface area contributed by atoms with Crippen molar-refractivity contribution in [1.82, 2.24) is 10.4 Å². The van der Waals surface area contributed by atoms with Crippen LogP contribution in [0.15, 0.2) is 11.3 Å². The van der Waals surface area contributed by atoms with E-state index in [1.54, 1.807) is 0 Å². The summed E-state index contributed by atoms with van der Waals surface area (Å²) in [7, 11) is 2.00. The maximum atomic E-state index is 3.93. The van der Waals surface area contributed by atoms with Crippen LogP contribution in [0.3, 0.4) is 0 Å². The van der Waals surface area contributed by atoms with Crippen LogP contribution in [-0.2, 0) is 0 Å². The molecular weight excluding hydrogens is 350 g/mol. The zero-order chi connectivity index (χ0) is 7.02. The molecule has 0 aromatic heterocycles. The molecule has 10 heavy (non-hydrogen) atoms. The number of hydrogen-bond donors (Lipinski definition) is 1. The van der Waals surface area contributed by atoms with Gasteiger partial charge in [-0.05, 0) is 6.92 Å². The van der Waals surface area contributed by atoms with Crippen LogP contribution in [0.25, 0.3) is 0 Å². The van der Waals surface area contributed by atoms with Gasteiger partial charge in [-0.2, -0.15) is 5.57 Å². The van der Waals surface area contributed by atoms with Gasteiger partial charge in [-0.25, -0.2) is 12.3 Å². The van der Waals surface area contributed by atoms with E-state index < -0.39 is 0 Å². The third-order valence-corrected chi connectivity index (χ3v) is 1.88. The van der Waals surface area contributed by atoms with Crippen LogP contribution < -0.4 is 5.43 Å². The van der Waals surface area contributed by atoms with Gasteiger partial charge >= 0.3 is 0 Å². The van der Waals surface area contributed by atoms with Gasteiger partial charge in [-0.3, -0.25) is 0 Å². The van der Waals surface area contributed by atoms with Crippen molar-refractivity contribution in [2.45, 2.75) is 19.9 Å². The van der Waals surface area contributed by atoms with E-state index in [9.17, 15) is 0 Å². The molecule has 1 unspecified atom stereocenters. The van der Waals surface area contributed by atoms with E-state index in [4.69, 9.17) is 0 Å². The van der Waals surface area contributed by atoms with E-state index >= 15 is 0 Å². The van der Waals surface area contributed by atoms with Crippen molar-refractivity contribution in [2.75, 3.05) is 7.05 Å². The monoisotopic (exact) mass is 363 g/mol. The van der Waals surface area contributed by atoms with Crippen LogP contribution in [0.5, 0.6) is 0 Å². The molecule has 1 N–H and O–H groups in total. The molecule has 1 rings (SSSR count). The molecule has 0 aliphatic carbocycles. The van der Waals surface area contributed by atoms with Gasteiger partial charge in [0.05, 0.1) is 0 Å². The molecule has 1 aliphatic rings. The molecule has 0 fully saturated rings. The quantitative estimate of drug-likeness (QED) is 0.645. The first kappa shape index (κ1) is 10.4. The van der Waals surface area contributed by atoms with E-state index in [1.807, 2.05) is 12.1 Å². The van der Waals surface area contributed by atoms with Crippen molar-refractivity contribution in [2.24, 2.45) is 0 Å². The van der Waals surface area contributed by atoms with Crippen LogP contribution in [0.1, 0.15) is 13.8 Å². The summed E-state index contributed by atoms with van der Waals surface area (Å²) in [6, 6.07) is 0.412. The van der Waals surface area contributed by atoms with Crippen molar-refractivity contribution in [3.05, 3.63) is 18.2 Å². The predicted molar refractivity (Wildman–Crippen MR) is 38.4 cm³/mol. The minimum atomic E-state index is 0. The van der Waals surface area contributed by atoms with Crippen molar-refractivity contribution in [3.63, 3.8) is 0 Å². The molecule has 0 spiro atoms. The normalized spacial score (nSPS) is 25.1. The van der Waals surface area contributed by atoms with Crippen molar-refractivity contribution in [1.29, 1.82) is 0 Å². The molecule has 0 saturated carbocycles. The maximum absolute atomic E-state index is 3.93. The molecule has 56 valence electrons. The molecule has 0 aromatic rings. The first-order valence-corrected chi connectivity index (χ1v) is 3.15. The fourth-order valence-electron chi connectivity index (χ4n) is 0.994. The van der Waals surface area contributed by atoms with Crippen LogP contribution >= 0.6 is 0 Å². The maximum Gasteiger partial charge on any atom is 0.0158 e. The summed E-state index contributed by atoms with van der Waals surface area (Å²) in [5.74, 6) is 0. The Morgan fingerprint density at radius 2 is 2.10 bits per heavy atom. The Morgan fingerprint density at radius 1 is 1.60 bits per heavy atom. The van der Waals surface area contributed by atoms with Gasteiger partial charge in [0, 0.05) is 44.2 Å². The molecule has 3 heteroatoms. The Balaban J connectivity index is 0.000000810. The Hall–Kier alpha value is 0.422. The molecule has 0 saturated heterocycles. The topological polar surface area (TPSA) is 15.3 Å². The van der Waals surface area contributed by atoms with E-state index in [0.717, 1.165) is 0 Å². The fourth-order valence-corrected chi connectivity index (χ4v) is 0.994. The van der Waals surface area contributed by atoms with E-state index in [1.165, 1.54) is 11.3 Å². The van der Waals surface area contributed by atoms with Gasteiger partial charge in [0.2, 0.25) is 0 Å². The minimum absolute atomic E-state index is 0. The van der Waals surface area contributed by atoms with E-state index in [0.29, 0.717) is 6.04 Å². The van der Waals surface area contributed by atoms with Gasteiger partial charge < -0.3 is 5.01 Å². The summed E-state index contributed by atoms with van der Waals surface area (Å²) in [5, 5.41) is 2.01. The third-order valence-electron chi connectivity index (χ3n) is 1.88. The summed E-state index contributed by atoms with van der Waals surface area (Å²) in [4.78, 5) is 0. The molecular formula is C7H13N2U-. The van der Waals surface area contributed by atoms with Crippen molar-refractivity contribution < 1.29 is 31.1 Å². The van der Waals surface area contributed by atoms with Gasteiger partial charge in [0.15, 0.2) is 0 Å². The predicted octanol–water partition coefficient (Wildman–Crippen LogP) is 0.933. The standard InChI is InChI=1S/C7H13N2.U/c1-5-6(2)8-9(4)7(5)3;/h6,8H,1H2,2-4H3;/q-1;. The average Bonchev–Trinajstić information content (AvgIpc) is 1.98. The number of rotatable bonds is 0. The van der Waals surface area contributed by atoms with Crippen LogP contribution in [-0.4, -0.2) is 18.1 Å². The van der Waals surface area contributed by atoms with Crippen LogP contribution in [0.4, 0.5) is 0 Å². The number of nitrogens with zero attached hydrogens (tertiary/aromatic N) is 1. The van der Waals surface area contributed by atoms with Crippen molar-refractivity contribution >= 4 is 0 Å². The largest absolute Gasteiger partial charge is 0.393 e. The first-order chi connectivity index (χ1) is 4.13. The molecule has 1 heterocycles. The van der Waals surface area contributed by atoms with E-state index in [-0.39, 0.29) is 31.1 Å². The second-order valence-corrected chi connectivity index (χ2v) is 2.52. The summed E-state index contributed by atoms with van der Waals surface area (Å²) in [5.41, 5.74) is 5.64. The Kier molecular flexibility index (Phi) is 3.87. The Bertz CT molecular complexity index is 138. The molecule has 0 bridgehead atoms. The molecule has 2 nitrogen and oxygen atoms in total. The van der Waals surface area contributed by atoms with Crippen molar-refractivity contribution in [3.8, 4) is 0 Å². The zero-order valence-electron chi connectivity index (χ0n) is 6.73. The Labute approximate surface area is 86.4 Å². The second kappa shape index (κ2) is 3.71. The molecule has 1 aliphatic heterocycles. The van der Waals surface area contributed by atoms with Crippen LogP contribution in [0.2, 0.25) is 0 Å². The number of hydrazine groups is 1. The van der Waals surface area contributed by atoms with Gasteiger partial charge in [-0.1, -0.05) is 6.92 Å². The van der Waals surface area contributed by atoms with E-state index in [2.05, 4.69) is 26.2 Å². The fraction of sp³-hybridized carbons (Fsp3) is 0.571. The second-order valence-electron chi connectivity index (χ2n) is 2.52. The minimum Gasteiger partial charge on any atom is -0.393 e. The summed E-state index contributed by atoms with van der Waals surface area (Å²) in [6.45, 7) is 8.10. The molecule has 0 amide bonds. The van der Waals surface area contributed by atoms with Gasteiger partial charge in [0.25, 0.3) is 0 Å². The zero-order valence-corrected chi connectivity index (χ0v) is 10.9. The van der Waals surface area contributed by atoms with Gasteiger partial charge in [0.1, 0.15) is 0 Å². The average molecular weight is 363 g/mol.